The summed E-state index contributed by atoms with van der Waals surface area (Å²) in [6.45, 7) is 5.69. The van der Waals surface area contributed by atoms with Crippen molar-refractivity contribution < 1.29 is 18.1 Å². The van der Waals surface area contributed by atoms with Crippen molar-refractivity contribution in [2.75, 3.05) is 5.32 Å². The van der Waals surface area contributed by atoms with Gasteiger partial charge in [-0.1, -0.05) is 13.8 Å². The van der Waals surface area contributed by atoms with Crippen LogP contribution in [0.1, 0.15) is 39.2 Å². The number of nitrogens with zero attached hydrogens (tertiary/aromatic N) is 1. The molecule has 0 aromatic heterocycles. The Morgan fingerprint density at radius 3 is 2.20 bits per heavy atom. The van der Waals surface area contributed by atoms with E-state index in [-0.39, 0.29) is 5.69 Å². The van der Waals surface area contributed by atoms with Crippen LogP contribution < -0.4 is 5.32 Å². The van der Waals surface area contributed by atoms with E-state index in [1.807, 2.05) is 20.8 Å². The van der Waals surface area contributed by atoms with Gasteiger partial charge in [0, 0.05) is 11.6 Å². The summed E-state index contributed by atoms with van der Waals surface area (Å²) in [7, 11) is 0. The molecule has 1 rings (SSSR count). The molecule has 0 fully saturated rings. The van der Waals surface area contributed by atoms with Crippen LogP contribution in [0.3, 0.4) is 0 Å². The molecule has 1 aromatic rings. The summed E-state index contributed by atoms with van der Waals surface area (Å²) in [4.78, 5) is 10.2. The second-order valence-corrected chi connectivity index (χ2v) is 4.88. The maximum absolute atomic E-state index is 12.6. The van der Waals surface area contributed by atoms with E-state index in [4.69, 9.17) is 0 Å². The number of alkyl halides is 3. The Balaban J connectivity index is 3.25. The Morgan fingerprint density at radius 1 is 1.25 bits per heavy atom. The Bertz CT molecular complexity index is 497. The number of anilines is 1. The van der Waals surface area contributed by atoms with Crippen LogP contribution in [0.4, 0.5) is 24.5 Å². The molecule has 1 N–H and O–H groups in total. The van der Waals surface area contributed by atoms with Crippen molar-refractivity contribution in [1.29, 1.82) is 0 Å². The van der Waals surface area contributed by atoms with Crippen molar-refractivity contribution in [2.24, 2.45) is 0 Å². The molecule has 0 aliphatic carbocycles. The van der Waals surface area contributed by atoms with Gasteiger partial charge in [-0.15, -0.1) is 0 Å². The van der Waals surface area contributed by atoms with Crippen molar-refractivity contribution in [3.63, 3.8) is 0 Å². The molecular formula is C13H17F3N2O2. The molecule has 0 saturated heterocycles. The molecule has 0 spiro atoms. The first kappa shape index (κ1) is 16.3. The average Bonchev–Trinajstić information content (AvgIpc) is 2.37. The van der Waals surface area contributed by atoms with Crippen molar-refractivity contribution >= 4 is 11.4 Å². The molecule has 0 atom stereocenters. The average molecular weight is 290 g/mol. The number of hydrogen-bond acceptors (Lipinski definition) is 3. The third-order valence-electron chi connectivity index (χ3n) is 3.52. The fourth-order valence-corrected chi connectivity index (χ4v) is 1.72. The lowest BCUT2D eigenvalue weighted by Crippen LogP contribution is -2.33. The molecule has 0 radical (unpaired) electrons. The minimum absolute atomic E-state index is 0.106. The summed E-state index contributed by atoms with van der Waals surface area (Å²) < 4.78 is 37.8. The summed E-state index contributed by atoms with van der Waals surface area (Å²) in [6, 6.07) is 2.53. The van der Waals surface area contributed by atoms with E-state index in [0.29, 0.717) is 18.9 Å². The quantitative estimate of drug-likeness (QED) is 0.636. The topological polar surface area (TPSA) is 55.2 Å². The smallest absolute Gasteiger partial charge is 0.374 e. The zero-order valence-corrected chi connectivity index (χ0v) is 11.5. The van der Waals surface area contributed by atoms with Gasteiger partial charge in [-0.05, 0) is 31.9 Å². The van der Waals surface area contributed by atoms with E-state index < -0.39 is 27.9 Å². The predicted molar refractivity (Wildman–Crippen MR) is 70.7 cm³/mol. The molecular weight excluding hydrogens is 273 g/mol. The fourth-order valence-electron chi connectivity index (χ4n) is 1.72. The highest BCUT2D eigenvalue weighted by atomic mass is 19.4. The van der Waals surface area contributed by atoms with E-state index in [1.54, 1.807) is 0 Å². The van der Waals surface area contributed by atoms with Crippen molar-refractivity contribution in [1.82, 2.24) is 0 Å². The summed E-state index contributed by atoms with van der Waals surface area (Å²) in [6.07, 6.45) is -3.20. The Labute approximate surface area is 115 Å². The van der Waals surface area contributed by atoms with Crippen LogP contribution in [0.15, 0.2) is 18.2 Å². The van der Waals surface area contributed by atoms with Crippen LogP contribution in [0.25, 0.3) is 0 Å². The second-order valence-electron chi connectivity index (χ2n) is 4.88. The zero-order chi connectivity index (χ0) is 15.6. The Kier molecular flexibility index (Phi) is 4.62. The molecule has 7 heteroatoms. The van der Waals surface area contributed by atoms with Crippen LogP contribution in [0, 0.1) is 10.1 Å². The Morgan fingerprint density at radius 2 is 1.80 bits per heavy atom. The summed E-state index contributed by atoms with van der Waals surface area (Å²) in [5.41, 5.74) is -1.88. The van der Waals surface area contributed by atoms with Gasteiger partial charge in [0.05, 0.1) is 10.5 Å². The first-order valence-corrected chi connectivity index (χ1v) is 6.27. The van der Waals surface area contributed by atoms with Gasteiger partial charge < -0.3 is 5.32 Å². The second kappa shape index (κ2) is 5.68. The SMILES string of the molecule is CCC(C)(CC)Nc1ccc(C(F)(F)F)cc1[N+](=O)[O-]. The summed E-state index contributed by atoms with van der Waals surface area (Å²) >= 11 is 0. The molecule has 0 heterocycles. The number of halogens is 3. The summed E-state index contributed by atoms with van der Waals surface area (Å²) in [5, 5.41) is 13.9. The molecule has 0 aliphatic heterocycles. The number of hydrogen-bond donors (Lipinski definition) is 1. The standard InChI is InChI=1S/C13H17F3N2O2/c1-4-12(3,5-2)17-10-7-6-9(13(14,15)16)8-11(10)18(19)20/h6-8,17H,4-5H2,1-3H3. The van der Waals surface area contributed by atoms with Gasteiger partial charge in [-0.3, -0.25) is 10.1 Å². The molecule has 1 aromatic carbocycles. The molecule has 0 bridgehead atoms. The monoisotopic (exact) mass is 290 g/mol. The normalized spacial score (nSPS) is 12.3. The number of benzene rings is 1. The maximum atomic E-state index is 12.6. The molecule has 0 unspecified atom stereocenters. The van der Waals surface area contributed by atoms with Crippen LogP contribution >= 0.6 is 0 Å². The predicted octanol–water partition coefficient (Wildman–Crippen LogP) is 4.60. The first-order valence-electron chi connectivity index (χ1n) is 6.27. The third-order valence-corrected chi connectivity index (χ3v) is 3.52. The molecule has 112 valence electrons. The van der Waals surface area contributed by atoms with Gasteiger partial charge in [0.1, 0.15) is 5.69 Å². The van der Waals surface area contributed by atoms with E-state index in [1.165, 1.54) is 0 Å². The van der Waals surface area contributed by atoms with Gasteiger partial charge in [-0.2, -0.15) is 13.2 Å². The lowest BCUT2D eigenvalue weighted by molar-refractivity contribution is -0.384. The highest BCUT2D eigenvalue weighted by molar-refractivity contribution is 5.64. The van der Waals surface area contributed by atoms with E-state index in [2.05, 4.69) is 5.32 Å². The largest absolute Gasteiger partial charge is 0.416 e. The lowest BCUT2D eigenvalue weighted by Gasteiger charge is -2.29. The highest BCUT2D eigenvalue weighted by Crippen LogP contribution is 2.36. The van der Waals surface area contributed by atoms with Crippen LogP contribution in [-0.2, 0) is 6.18 Å². The number of nitro groups is 1. The zero-order valence-electron chi connectivity index (χ0n) is 11.5. The van der Waals surface area contributed by atoms with Gasteiger partial charge >= 0.3 is 6.18 Å². The van der Waals surface area contributed by atoms with E-state index in [9.17, 15) is 23.3 Å². The highest BCUT2D eigenvalue weighted by Gasteiger charge is 2.33. The van der Waals surface area contributed by atoms with Crippen LogP contribution in [0.2, 0.25) is 0 Å². The van der Waals surface area contributed by atoms with E-state index in [0.717, 1.165) is 12.1 Å². The van der Waals surface area contributed by atoms with Gasteiger partial charge in [0.2, 0.25) is 0 Å². The minimum atomic E-state index is -4.60. The van der Waals surface area contributed by atoms with Gasteiger partial charge in [0.15, 0.2) is 0 Å². The Hall–Kier alpha value is -1.79. The van der Waals surface area contributed by atoms with Crippen LogP contribution in [-0.4, -0.2) is 10.5 Å². The molecule has 0 saturated carbocycles. The van der Waals surface area contributed by atoms with Crippen molar-refractivity contribution in [3.8, 4) is 0 Å². The van der Waals surface area contributed by atoms with Crippen molar-refractivity contribution in [3.05, 3.63) is 33.9 Å². The summed E-state index contributed by atoms with van der Waals surface area (Å²) in [5.74, 6) is 0. The third kappa shape index (κ3) is 3.61. The molecule has 0 aliphatic rings. The van der Waals surface area contributed by atoms with Gasteiger partial charge in [-0.25, -0.2) is 0 Å². The van der Waals surface area contributed by atoms with Crippen molar-refractivity contribution in [2.45, 2.75) is 45.3 Å². The minimum Gasteiger partial charge on any atom is -0.374 e. The lowest BCUT2D eigenvalue weighted by atomic mass is 9.95. The number of nitrogens with one attached hydrogen (secondary N) is 1. The van der Waals surface area contributed by atoms with Crippen LogP contribution in [0.5, 0.6) is 0 Å². The maximum Gasteiger partial charge on any atom is 0.416 e. The molecule has 20 heavy (non-hydrogen) atoms. The number of rotatable bonds is 5. The first-order chi connectivity index (χ1) is 9.13. The molecule has 4 nitrogen and oxygen atoms in total. The van der Waals surface area contributed by atoms with Gasteiger partial charge in [0.25, 0.3) is 5.69 Å². The fraction of sp³-hybridized carbons (Fsp3) is 0.538. The molecule has 0 amide bonds. The van der Waals surface area contributed by atoms with E-state index >= 15 is 0 Å². The number of nitro benzene ring substituents is 1.